The third kappa shape index (κ3) is 10.8. The zero-order valence-corrected chi connectivity index (χ0v) is 29.8. The summed E-state index contributed by atoms with van der Waals surface area (Å²) in [4.78, 5) is 25.7. The maximum absolute atomic E-state index is 13.0. The highest BCUT2D eigenvalue weighted by atomic mass is 35.5. The molecular formula is C41H38ClF3N4O4. The minimum atomic E-state index is -4.39. The fourth-order valence-electron chi connectivity index (χ4n) is 5.73. The molecule has 0 N–H and O–H groups in total. The number of pyridine rings is 2. The first-order valence-electron chi connectivity index (χ1n) is 17.1. The molecule has 0 radical (unpaired) electrons. The van der Waals surface area contributed by atoms with E-state index < -0.39 is 11.7 Å². The second kappa shape index (κ2) is 17.4. The van der Waals surface area contributed by atoms with Gasteiger partial charge in [-0.1, -0.05) is 54.1 Å². The van der Waals surface area contributed by atoms with Crippen molar-refractivity contribution in [3.05, 3.63) is 148 Å². The molecular weight excluding hydrogens is 705 g/mol. The predicted octanol–water partition coefficient (Wildman–Crippen LogP) is 8.81. The summed E-state index contributed by atoms with van der Waals surface area (Å²) in [5.74, 6) is 1.72. The average Bonchev–Trinajstić information content (AvgIpc) is 3.16. The SMILES string of the molecule is Cc1cc(/C=C/C(=O)N2CCN(Cc3ccc(CCOc4ccccn4)cc3)CC2)cc(Cl)c1Oc1ccc(OCc2ccc(C(F)(F)F)cc2)cn1. The summed E-state index contributed by atoms with van der Waals surface area (Å²) in [6.07, 6.45) is 2.92. The van der Waals surface area contributed by atoms with Crippen LogP contribution in [0.25, 0.3) is 6.08 Å². The minimum absolute atomic E-state index is 0.0548. The van der Waals surface area contributed by atoms with Crippen molar-refractivity contribution in [2.24, 2.45) is 0 Å². The summed E-state index contributed by atoms with van der Waals surface area (Å²) in [6, 6.07) is 25.9. The van der Waals surface area contributed by atoms with Crippen LogP contribution in [0.1, 0.15) is 33.4 Å². The van der Waals surface area contributed by atoms with Gasteiger partial charge in [0.15, 0.2) is 5.75 Å². The molecule has 6 rings (SSSR count). The Labute approximate surface area is 311 Å². The zero-order chi connectivity index (χ0) is 37.2. The molecule has 0 saturated carbocycles. The van der Waals surface area contributed by atoms with Crippen molar-refractivity contribution in [1.82, 2.24) is 19.8 Å². The normalized spacial score (nSPS) is 13.6. The molecule has 0 unspecified atom stereocenters. The van der Waals surface area contributed by atoms with E-state index in [1.165, 1.54) is 29.5 Å². The average molecular weight is 743 g/mol. The number of hydrogen-bond donors (Lipinski definition) is 0. The van der Waals surface area contributed by atoms with Crippen LogP contribution in [0.3, 0.4) is 0 Å². The molecule has 2 aromatic heterocycles. The zero-order valence-electron chi connectivity index (χ0n) is 29.1. The molecule has 53 heavy (non-hydrogen) atoms. The number of aryl methyl sites for hydroxylation is 1. The van der Waals surface area contributed by atoms with Gasteiger partial charge in [0.05, 0.1) is 23.4 Å². The van der Waals surface area contributed by atoms with Gasteiger partial charge in [0.1, 0.15) is 12.4 Å². The number of ether oxygens (including phenoxy) is 3. The Morgan fingerprint density at radius 2 is 1.58 bits per heavy atom. The van der Waals surface area contributed by atoms with Crippen molar-refractivity contribution in [2.75, 3.05) is 32.8 Å². The smallest absolute Gasteiger partial charge is 0.416 e. The summed E-state index contributed by atoms with van der Waals surface area (Å²) < 4.78 is 55.7. The summed E-state index contributed by atoms with van der Waals surface area (Å²) in [5.41, 5.74) is 3.84. The fraction of sp³-hybridized carbons (Fsp3) is 0.244. The molecule has 3 aromatic carbocycles. The molecule has 1 aliphatic heterocycles. The van der Waals surface area contributed by atoms with Crippen LogP contribution in [0.5, 0.6) is 23.3 Å². The van der Waals surface area contributed by atoms with E-state index in [0.717, 1.165) is 49.3 Å². The molecule has 1 aliphatic rings. The lowest BCUT2D eigenvalue weighted by Crippen LogP contribution is -2.47. The molecule has 12 heteroatoms. The van der Waals surface area contributed by atoms with Gasteiger partial charge in [0, 0.05) is 63.6 Å². The maximum atomic E-state index is 13.0. The van der Waals surface area contributed by atoms with Gasteiger partial charge in [0.2, 0.25) is 17.7 Å². The summed E-state index contributed by atoms with van der Waals surface area (Å²) in [6.45, 7) is 6.20. The Morgan fingerprint density at radius 3 is 2.25 bits per heavy atom. The van der Waals surface area contributed by atoms with E-state index in [1.54, 1.807) is 36.5 Å². The molecule has 0 spiro atoms. The third-order valence-corrected chi connectivity index (χ3v) is 8.94. The Morgan fingerprint density at radius 1 is 0.849 bits per heavy atom. The van der Waals surface area contributed by atoms with Gasteiger partial charge in [0.25, 0.3) is 0 Å². The first-order valence-corrected chi connectivity index (χ1v) is 17.5. The predicted molar refractivity (Wildman–Crippen MR) is 197 cm³/mol. The van der Waals surface area contributed by atoms with Crippen molar-refractivity contribution in [3.8, 4) is 23.3 Å². The number of benzene rings is 3. The van der Waals surface area contributed by atoms with Gasteiger partial charge in [-0.2, -0.15) is 13.2 Å². The molecule has 1 saturated heterocycles. The molecule has 5 aromatic rings. The second-order valence-electron chi connectivity index (χ2n) is 12.6. The third-order valence-electron chi connectivity index (χ3n) is 8.66. The van der Waals surface area contributed by atoms with Crippen molar-refractivity contribution >= 4 is 23.6 Å². The van der Waals surface area contributed by atoms with Crippen molar-refractivity contribution in [2.45, 2.75) is 32.7 Å². The molecule has 1 amide bonds. The molecule has 8 nitrogen and oxygen atoms in total. The number of carbonyl (C=O) groups is 1. The molecule has 3 heterocycles. The lowest BCUT2D eigenvalue weighted by atomic mass is 10.1. The monoisotopic (exact) mass is 742 g/mol. The largest absolute Gasteiger partial charge is 0.487 e. The van der Waals surface area contributed by atoms with Crippen molar-refractivity contribution in [1.29, 1.82) is 0 Å². The number of hydrogen-bond acceptors (Lipinski definition) is 7. The van der Waals surface area contributed by atoms with E-state index in [2.05, 4.69) is 39.1 Å². The number of aromatic nitrogens is 2. The summed E-state index contributed by atoms with van der Waals surface area (Å²) in [5, 5.41) is 0.362. The highest BCUT2D eigenvalue weighted by molar-refractivity contribution is 6.32. The highest BCUT2D eigenvalue weighted by Crippen LogP contribution is 2.34. The molecule has 0 atom stereocenters. The quantitative estimate of drug-likeness (QED) is 0.112. The van der Waals surface area contributed by atoms with Gasteiger partial charge in [-0.05, 0) is 77.2 Å². The molecule has 1 fully saturated rings. The number of alkyl halides is 3. The van der Waals surface area contributed by atoms with E-state index in [1.807, 2.05) is 36.1 Å². The van der Waals surface area contributed by atoms with E-state index >= 15 is 0 Å². The van der Waals surface area contributed by atoms with E-state index in [9.17, 15) is 18.0 Å². The fourth-order valence-corrected chi connectivity index (χ4v) is 6.04. The summed E-state index contributed by atoms with van der Waals surface area (Å²) >= 11 is 6.58. The molecule has 0 aliphatic carbocycles. The number of rotatable bonds is 13. The minimum Gasteiger partial charge on any atom is -0.487 e. The van der Waals surface area contributed by atoms with Crippen LogP contribution in [0.4, 0.5) is 13.2 Å². The van der Waals surface area contributed by atoms with E-state index in [4.69, 9.17) is 25.8 Å². The first-order chi connectivity index (χ1) is 25.6. The van der Waals surface area contributed by atoms with Crippen molar-refractivity contribution < 1.29 is 32.2 Å². The van der Waals surface area contributed by atoms with Crippen molar-refractivity contribution in [3.63, 3.8) is 0 Å². The number of piperazine rings is 1. The molecule has 0 bridgehead atoms. The number of halogens is 4. The highest BCUT2D eigenvalue weighted by Gasteiger charge is 2.30. The van der Waals surface area contributed by atoms with Gasteiger partial charge in [-0.3, -0.25) is 9.69 Å². The van der Waals surface area contributed by atoms with Crippen LogP contribution < -0.4 is 14.2 Å². The van der Waals surface area contributed by atoms with Gasteiger partial charge in [-0.25, -0.2) is 9.97 Å². The van der Waals surface area contributed by atoms with Crippen LogP contribution in [-0.2, 0) is 30.5 Å². The standard InChI is InChI=1S/C41H38ClF3N4O4/c1-29-24-33(25-36(42)40(29)53-38-15-14-35(26-47-38)52-28-32-9-12-34(13-10-32)41(43,44)45)11-16-39(50)49-21-19-48(20-22-49)27-31-7-5-30(6-8-31)17-23-51-37-4-2-3-18-46-37/h2-16,18,24-26H,17,19-23,27-28H2,1H3/b16-11+. The number of nitrogens with zero attached hydrogens (tertiary/aromatic N) is 4. The number of carbonyl (C=O) groups excluding carboxylic acids is 1. The van der Waals surface area contributed by atoms with Gasteiger partial charge in [-0.15, -0.1) is 0 Å². The first kappa shape index (κ1) is 37.4. The van der Waals surface area contributed by atoms with Crippen LogP contribution in [0.2, 0.25) is 5.02 Å². The van der Waals surface area contributed by atoms with Crippen LogP contribution >= 0.6 is 11.6 Å². The Hall–Kier alpha value is -5.39. The topological polar surface area (TPSA) is 77.0 Å². The van der Waals surface area contributed by atoms with Gasteiger partial charge < -0.3 is 19.1 Å². The van der Waals surface area contributed by atoms with Crippen LogP contribution in [0, 0.1) is 6.92 Å². The van der Waals surface area contributed by atoms with E-state index in [0.29, 0.717) is 47.7 Å². The Bertz CT molecular complexity index is 1960. The lowest BCUT2D eigenvalue weighted by molar-refractivity contribution is -0.137. The molecule has 274 valence electrons. The van der Waals surface area contributed by atoms with Crippen LogP contribution in [0.15, 0.2) is 109 Å². The van der Waals surface area contributed by atoms with Gasteiger partial charge >= 0.3 is 6.18 Å². The summed E-state index contributed by atoms with van der Waals surface area (Å²) in [7, 11) is 0. The maximum Gasteiger partial charge on any atom is 0.416 e. The number of amides is 1. The Kier molecular flexibility index (Phi) is 12.3. The van der Waals surface area contributed by atoms with E-state index in [-0.39, 0.29) is 18.4 Å². The van der Waals surface area contributed by atoms with Crippen LogP contribution in [-0.4, -0.2) is 58.5 Å². The lowest BCUT2D eigenvalue weighted by Gasteiger charge is -2.34. The Balaban J connectivity index is 0.933. The second-order valence-corrected chi connectivity index (χ2v) is 13.0.